The lowest BCUT2D eigenvalue weighted by Gasteiger charge is -2.47. The van der Waals surface area contributed by atoms with Crippen LogP contribution in [0.15, 0.2) is 0 Å². The number of ether oxygens (including phenoxy) is 8. The van der Waals surface area contributed by atoms with E-state index in [-0.39, 0.29) is 44.9 Å². The number of rotatable bonds is 87. The first-order valence-corrected chi connectivity index (χ1v) is 54.7. The number of carbonyl (C=O) groups excluding carboxylic acids is 7. The number of nitrogens with one attached hydrogen (secondary N) is 2. The average molecular weight is 1870 g/mol. The van der Waals surface area contributed by atoms with Gasteiger partial charge in [-0.1, -0.05) is 376 Å². The van der Waals surface area contributed by atoms with E-state index in [1.54, 1.807) is 0 Å². The van der Waals surface area contributed by atoms with Gasteiger partial charge in [-0.15, -0.1) is 0 Å². The molecule has 752 valence electrons. The van der Waals surface area contributed by atoms with Gasteiger partial charge in [0.05, 0.1) is 45.0 Å². The third-order valence-corrected chi connectivity index (χ3v) is 25.6. The Labute approximate surface area is 772 Å². The van der Waals surface area contributed by atoms with Crippen LogP contribution in [-0.2, 0) is 89.6 Å². The normalized spacial score (nSPS) is 20.0. The van der Waals surface area contributed by atoms with Crippen LogP contribution >= 0.6 is 15.6 Å². The summed E-state index contributed by atoms with van der Waals surface area (Å²) in [7, 11) is -11.4. The highest BCUT2D eigenvalue weighted by molar-refractivity contribution is 7.46. The lowest BCUT2D eigenvalue weighted by molar-refractivity contribution is -0.297. The van der Waals surface area contributed by atoms with Crippen molar-refractivity contribution < 1.29 is 125 Å². The van der Waals surface area contributed by atoms with Crippen molar-refractivity contribution in [3.8, 4) is 0 Å². The van der Waals surface area contributed by atoms with Gasteiger partial charge in [-0.2, -0.15) is 0 Å². The fourth-order valence-electron chi connectivity index (χ4n) is 17.1. The second kappa shape index (κ2) is 78.4. The summed E-state index contributed by atoms with van der Waals surface area (Å²) in [5, 5.41) is 40.7. The van der Waals surface area contributed by atoms with Crippen molar-refractivity contribution in [2.75, 3.05) is 13.2 Å². The highest BCUT2D eigenvalue weighted by Gasteiger charge is 2.55. The van der Waals surface area contributed by atoms with Crippen LogP contribution in [0.4, 0.5) is 0 Å². The number of hydrogen-bond donors (Lipinski definition) is 9. The van der Waals surface area contributed by atoms with Crippen molar-refractivity contribution in [1.29, 1.82) is 0 Å². The molecule has 0 unspecified atom stereocenters. The summed E-state index contributed by atoms with van der Waals surface area (Å²) < 4.78 is 86.7. The first-order valence-electron chi connectivity index (χ1n) is 51.7. The molecule has 0 spiro atoms. The Morgan fingerprint density at radius 2 is 0.594 bits per heavy atom. The van der Waals surface area contributed by atoms with E-state index in [9.17, 15) is 68.0 Å². The van der Waals surface area contributed by atoms with E-state index in [4.69, 9.17) is 46.9 Å². The van der Waals surface area contributed by atoms with Crippen molar-refractivity contribution in [2.24, 2.45) is 0 Å². The van der Waals surface area contributed by atoms with E-state index in [0.29, 0.717) is 44.9 Å². The molecule has 14 atom stereocenters. The van der Waals surface area contributed by atoms with Crippen molar-refractivity contribution in [3.63, 3.8) is 0 Å². The maximum absolute atomic E-state index is 15.2. The number of amides is 2. The minimum Gasteiger partial charge on any atom is -0.462 e. The summed E-state index contributed by atoms with van der Waals surface area (Å²) >= 11 is 0. The van der Waals surface area contributed by atoms with Gasteiger partial charge in [0, 0.05) is 19.3 Å². The van der Waals surface area contributed by atoms with E-state index in [1.165, 1.54) is 57.8 Å². The van der Waals surface area contributed by atoms with Gasteiger partial charge in [0.25, 0.3) is 0 Å². The fraction of sp³-hybridized carbons (Fsp3) is 0.929. The molecule has 128 heavy (non-hydrogen) atoms. The Morgan fingerprint density at radius 1 is 0.320 bits per heavy atom. The van der Waals surface area contributed by atoms with Crippen molar-refractivity contribution >= 4 is 57.3 Å². The largest absolute Gasteiger partial charge is 0.472 e. The third kappa shape index (κ3) is 63.5. The molecule has 2 amide bonds. The van der Waals surface area contributed by atoms with E-state index >= 15 is 9.59 Å². The molecule has 0 aromatic rings. The lowest BCUT2D eigenvalue weighted by Crippen LogP contribution is -2.68. The maximum atomic E-state index is 15.2. The van der Waals surface area contributed by atoms with Gasteiger partial charge < -0.3 is 83.4 Å². The van der Waals surface area contributed by atoms with E-state index in [1.807, 2.05) is 0 Å². The number of aliphatic hydroxyl groups excluding tert-OH is 3. The van der Waals surface area contributed by atoms with Gasteiger partial charge in [0.2, 0.25) is 11.8 Å². The van der Waals surface area contributed by atoms with E-state index < -0.39 is 182 Å². The van der Waals surface area contributed by atoms with Crippen LogP contribution in [0.5, 0.6) is 0 Å². The van der Waals surface area contributed by atoms with Gasteiger partial charge in [0.1, 0.15) is 54.8 Å². The molecule has 2 aliphatic heterocycles. The molecule has 2 aliphatic rings. The number of unbranched alkanes of at least 4 members (excludes halogenated alkanes) is 50. The molecule has 0 bridgehead atoms. The Balaban J connectivity index is 2.91. The zero-order valence-electron chi connectivity index (χ0n) is 80.9. The average Bonchev–Trinajstić information content (AvgIpc) is 0.776. The monoisotopic (exact) mass is 1870 g/mol. The molecule has 0 radical (unpaired) electrons. The van der Waals surface area contributed by atoms with E-state index in [0.717, 1.165) is 263 Å². The predicted molar refractivity (Wildman–Crippen MR) is 499 cm³/mol. The maximum Gasteiger partial charge on any atom is 0.472 e. The highest BCUT2D eigenvalue weighted by atomic mass is 31.2. The number of aliphatic hydroxyl groups is 3. The van der Waals surface area contributed by atoms with Gasteiger partial charge in [-0.25, -0.2) is 9.13 Å². The number of phosphoric acid groups is 2. The lowest BCUT2D eigenvalue weighted by atomic mass is 9.95. The Morgan fingerprint density at radius 3 is 0.914 bits per heavy atom. The minimum atomic E-state index is -5.73. The second-order valence-electron chi connectivity index (χ2n) is 36.7. The first-order chi connectivity index (χ1) is 61.7. The fourth-order valence-corrected chi connectivity index (χ4v) is 18.1. The molecule has 2 fully saturated rings. The molecule has 2 heterocycles. The highest BCUT2D eigenvalue weighted by Crippen LogP contribution is 2.44. The third-order valence-electron chi connectivity index (χ3n) is 24.6. The smallest absolute Gasteiger partial charge is 0.462 e. The van der Waals surface area contributed by atoms with Gasteiger partial charge in [-0.3, -0.25) is 42.6 Å². The number of esters is 5. The Hall–Kier alpha value is -3.73. The van der Waals surface area contributed by atoms with Crippen LogP contribution in [0.1, 0.15) is 485 Å². The summed E-state index contributed by atoms with van der Waals surface area (Å²) in [6.07, 6.45) is 33.2. The molecule has 28 nitrogen and oxygen atoms in total. The SMILES string of the molecule is CCCCCCCCCCCCCCCC(=O)O[C@H](CCCCCCCCC)CC(=O)O[C@@H]1[C@@H](NC(=O)C[C@@H](CCCCCCCCC)OC(=O)CCCCCCCCCCC)[C@H](OC[C@H]2O[C@H](OP(=O)(O)O)[C@H](NC(=O)C[C@@H](CCCCCCCCC)OC(=O)CCCCCCCCC)[C@@H](OC(=O)C[C@H](O)CCCCCCCCC)[C@@H]2O)O[C@H](CO)[C@H]1OP(=O)(O)O. The first kappa shape index (κ1) is 120. The van der Waals surface area contributed by atoms with Crippen LogP contribution in [0.2, 0.25) is 0 Å². The number of hydrogen-bond acceptors (Lipinski definition) is 22. The molecule has 0 aromatic heterocycles. The summed E-state index contributed by atoms with van der Waals surface area (Å²) in [5.74, 6) is -5.59. The Bertz CT molecular complexity index is 2870. The quantitative estimate of drug-likeness (QED) is 0.0118. The van der Waals surface area contributed by atoms with Crippen molar-refractivity contribution in [2.45, 2.75) is 571 Å². The molecule has 2 saturated heterocycles. The number of carbonyl (C=O) groups is 7. The standard InChI is InChI=1S/C98H184N2O26P2/c1-8-15-22-29-36-38-39-40-41-43-50-57-64-71-88(107)120-81(68-61-54-47-34-27-20-13-6)75-90(109)124-96-92(100-85(104)74-80(67-60-53-46-33-26-19-12-5)119-87(106)70-63-56-49-42-37-30-23-16-9-2)97(121-82(76-101)94(96)125-127(111,112)113)117-77-83-93(110)95(123-89(108)72-78(102)65-58-51-44-31-24-17-10-3)91(98(122-83)126-128(114,115)116)99-84(103)73-79(66-59-52-45-32-25-18-11-4)118-86(105)69-62-55-48-35-28-21-14-7/h78-83,91-98,101-102,110H,8-77H2,1-7H3,(H,99,103)(H,100,104)(H2,111,112,113)(H2,114,115,116)/t78-,79-,80-,81-,82-,83-,91-,92-,93-,94-,95-,96-,97-,98-/m1/s1. The summed E-state index contributed by atoms with van der Waals surface area (Å²) in [6.45, 7) is 12.9. The zero-order valence-corrected chi connectivity index (χ0v) is 82.7. The van der Waals surface area contributed by atoms with Gasteiger partial charge >= 0.3 is 45.5 Å². The molecule has 9 N–H and O–H groups in total. The van der Waals surface area contributed by atoms with Crippen molar-refractivity contribution in [3.05, 3.63) is 0 Å². The topological polar surface area (TPSA) is 412 Å². The zero-order chi connectivity index (χ0) is 94.1. The van der Waals surface area contributed by atoms with Crippen LogP contribution in [0.25, 0.3) is 0 Å². The van der Waals surface area contributed by atoms with Crippen molar-refractivity contribution in [1.82, 2.24) is 10.6 Å². The molecule has 0 aliphatic carbocycles. The van der Waals surface area contributed by atoms with E-state index in [2.05, 4.69) is 59.1 Å². The number of phosphoric ester groups is 2. The van der Waals surface area contributed by atoms with Gasteiger partial charge in [0.15, 0.2) is 24.8 Å². The molecule has 2 rings (SSSR count). The molecule has 0 aromatic carbocycles. The summed E-state index contributed by atoms with van der Waals surface area (Å²) in [5.41, 5.74) is 0. The van der Waals surface area contributed by atoms with Crippen LogP contribution in [-0.4, -0.2) is 175 Å². The molecular weight excluding hydrogens is 1680 g/mol. The summed E-state index contributed by atoms with van der Waals surface area (Å²) in [4.78, 5) is 143. The minimum absolute atomic E-state index is 0.0722. The molecule has 30 heteroatoms. The van der Waals surface area contributed by atoms with Crippen LogP contribution in [0.3, 0.4) is 0 Å². The predicted octanol–water partition coefficient (Wildman–Crippen LogP) is 21.9. The van der Waals surface area contributed by atoms with Gasteiger partial charge in [-0.05, 0) is 64.2 Å². The van der Waals surface area contributed by atoms with Crippen LogP contribution < -0.4 is 10.6 Å². The molecule has 0 saturated carbocycles. The summed E-state index contributed by atoms with van der Waals surface area (Å²) in [6, 6.07) is -3.91. The Kier molecular flexibility index (Phi) is 73.7. The molecular formula is C98H184N2O26P2. The second-order valence-corrected chi connectivity index (χ2v) is 39.1. The van der Waals surface area contributed by atoms with Crippen LogP contribution in [0, 0.1) is 0 Å².